The van der Waals surface area contributed by atoms with Gasteiger partial charge in [0.15, 0.2) is 0 Å². The van der Waals surface area contributed by atoms with Crippen molar-refractivity contribution in [3.63, 3.8) is 0 Å². The number of carboxylic acids is 2. The van der Waals surface area contributed by atoms with Gasteiger partial charge in [0.2, 0.25) is 0 Å². The Labute approximate surface area is 105 Å². The van der Waals surface area contributed by atoms with Crippen LogP contribution in [-0.4, -0.2) is 40.8 Å². The fourth-order valence-corrected chi connectivity index (χ4v) is 1.83. The van der Waals surface area contributed by atoms with Crippen molar-refractivity contribution in [1.82, 2.24) is 10.6 Å². The molecule has 0 bridgehead atoms. The molecule has 18 heavy (non-hydrogen) atoms. The lowest BCUT2D eigenvalue weighted by Crippen LogP contribution is -2.50. The number of hydrogen-bond acceptors (Lipinski definition) is 3. The second-order valence-corrected chi connectivity index (χ2v) is 4.98. The summed E-state index contributed by atoms with van der Waals surface area (Å²) in [7, 11) is 0. The van der Waals surface area contributed by atoms with Crippen molar-refractivity contribution in [3.05, 3.63) is 0 Å². The Balaban J connectivity index is 2.36. The molecule has 1 atom stereocenters. The third kappa shape index (κ3) is 4.23. The van der Waals surface area contributed by atoms with Crippen LogP contribution in [0.15, 0.2) is 0 Å². The topological polar surface area (TPSA) is 116 Å². The number of nitrogens with one attached hydrogen (secondary N) is 2. The standard InChI is InChI=1S/C11H18N2O5/c1-11(3-2-4-11)6-12-10(18)13-7(9(16)17)5-8(14)15/h7H,2-6H2,1H3,(H,14,15)(H,16,17)(H2,12,13,18)/t7-/m0/s1. The first-order chi connectivity index (χ1) is 8.32. The van der Waals surface area contributed by atoms with E-state index in [-0.39, 0.29) is 5.41 Å². The zero-order valence-electron chi connectivity index (χ0n) is 10.2. The van der Waals surface area contributed by atoms with E-state index in [0.29, 0.717) is 6.54 Å². The molecule has 0 aromatic carbocycles. The molecule has 1 aliphatic carbocycles. The van der Waals surface area contributed by atoms with Gasteiger partial charge in [-0.2, -0.15) is 0 Å². The average molecular weight is 258 g/mol. The largest absolute Gasteiger partial charge is 0.481 e. The second-order valence-electron chi connectivity index (χ2n) is 4.98. The number of urea groups is 1. The molecule has 0 unspecified atom stereocenters. The van der Waals surface area contributed by atoms with E-state index in [1.54, 1.807) is 0 Å². The molecule has 0 spiro atoms. The fraction of sp³-hybridized carbons (Fsp3) is 0.727. The molecule has 1 rings (SSSR count). The van der Waals surface area contributed by atoms with Crippen molar-refractivity contribution in [2.24, 2.45) is 5.41 Å². The Bertz CT molecular complexity index is 351. The van der Waals surface area contributed by atoms with Gasteiger partial charge in [-0.15, -0.1) is 0 Å². The normalized spacial score (nSPS) is 18.3. The predicted octanol–water partition coefficient (Wildman–Crippen LogP) is 0.404. The van der Waals surface area contributed by atoms with Crippen LogP contribution >= 0.6 is 0 Å². The number of rotatable bonds is 6. The highest BCUT2D eigenvalue weighted by molar-refractivity contribution is 5.86. The summed E-state index contributed by atoms with van der Waals surface area (Å²) >= 11 is 0. The van der Waals surface area contributed by atoms with E-state index in [2.05, 4.69) is 10.6 Å². The Morgan fingerprint density at radius 3 is 2.28 bits per heavy atom. The van der Waals surface area contributed by atoms with Gasteiger partial charge in [-0.1, -0.05) is 13.3 Å². The fourth-order valence-electron chi connectivity index (χ4n) is 1.83. The molecule has 1 saturated carbocycles. The summed E-state index contributed by atoms with van der Waals surface area (Å²) in [5.74, 6) is -2.63. The van der Waals surface area contributed by atoms with Gasteiger partial charge in [0.1, 0.15) is 6.04 Å². The maximum Gasteiger partial charge on any atom is 0.326 e. The van der Waals surface area contributed by atoms with E-state index in [4.69, 9.17) is 10.2 Å². The van der Waals surface area contributed by atoms with Gasteiger partial charge in [0.25, 0.3) is 0 Å². The minimum atomic E-state index is -1.41. The van der Waals surface area contributed by atoms with E-state index in [1.165, 1.54) is 0 Å². The monoisotopic (exact) mass is 258 g/mol. The Morgan fingerprint density at radius 1 is 1.28 bits per heavy atom. The summed E-state index contributed by atoms with van der Waals surface area (Å²) in [6.45, 7) is 2.51. The zero-order chi connectivity index (χ0) is 13.8. The van der Waals surface area contributed by atoms with E-state index in [9.17, 15) is 14.4 Å². The molecule has 0 saturated heterocycles. The predicted molar refractivity (Wildman–Crippen MR) is 62.2 cm³/mol. The third-order valence-corrected chi connectivity index (χ3v) is 3.22. The molecule has 1 aliphatic rings. The van der Waals surface area contributed by atoms with Gasteiger partial charge in [-0.05, 0) is 18.3 Å². The van der Waals surface area contributed by atoms with Crippen LogP contribution < -0.4 is 10.6 Å². The van der Waals surface area contributed by atoms with Crippen LogP contribution in [0, 0.1) is 5.41 Å². The van der Waals surface area contributed by atoms with Crippen LogP contribution in [0.25, 0.3) is 0 Å². The number of carbonyl (C=O) groups is 3. The summed E-state index contributed by atoms with van der Waals surface area (Å²) < 4.78 is 0. The molecular weight excluding hydrogens is 240 g/mol. The van der Waals surface area contributed by atoms with E-state index in [0.717, 1.165) is 19.3 Å². The van der Waals surface area contributed by atoms with Crippen molar-refractivity contribution in [2.75, 3.05) is 6.54 Å². The van der Waals surface area contributed by atoms with Crippen LogP contribution in [0.1, 0.15) is 32.6 Å². The zero-order valence-corrected chi connectivity index (χ0v) is 10.2. The molecule has 0 radical (unpaired) electrons. The van der Waals surface area contributed by atoms with Crippen LogP contribution in [-0.2, 0) is 9.59 Å². The van der Waals surface area contributed by atoms with Gasteiger partial charge < -0.3 is 20.8 Å². The van der Waals surface area contributed by atoms with Crippen molar-refractivity contribution in [3.8, 4) is 0 Å². The Morgan fingerprint density at radius 2 is 1.89 bits per heavy atom. The summed E-state index contributed by atoms with van der Waals surface area (Å²) in [5, 5.41) is 22.0. The first-order valence-electron chi connectivity index (χ1n) is 5.81. The van der Waals surface area contributed by atoms with Gasteiger partial charge in [-0.3, -0.25) is 4.79 Å². The molecule has 0 aromatic rings. The summed E-state index contributed by atoms with van der Waals surface area (Å²) in [4.78, 5) is 32.6. The number of hydrogen-bond donors (Lipinski definition) is 4. The summed E-state index contributed by atoms with van der Waals surface area (Å²) in [6.07, 6.45) is 2.56. The molecule has 1 fully saturated rings. The highest BCUT2D eigenvalue weighted by Crippen LogP contribution is 2.39. The van der Waals surface area contributed by atoms with E-state index in [1.807, 2.05) is 6.92 Å². The van der Waals surface area contributed by atoms with Crippen molar-refractivity contribution in [1.29, 1.82) is 0 Å². The molecule has 7 nitrogen and oxygen atoms in total. The maximum absolute atomic E-state index is 11.4. The summed E-state index contributed by atoms with van der Waals surface area (Å²) in [5.41, 5.74) is 0.0862. The summed E-state index contributed by atoms with van der Waals surface area (Å²) in [6, 6.07) is -2.05. The van der Waals surface area contributed by atoms with E-state index >= 15 is 0 Å². The number of carbonyl (C=O) groups excluding carboxylic acids is 1. The lowest BCUT2D eigenvalue weighted by Gasteiger charge is -2.38. The van der Waals surface area contributed by atoms with Crippen molar-refractivity contribution >= 4 is 18.0 Å². The lowest BCUT2D eigenvalue weighted by molar-refractivity contribution is -0.145. The van der Waals surface area contributed by atoms with Crippen LogP contribution in [0.2, 0.25) is 0 Å². The first kappa shape index (κ1) is 14.3. The minimum absolute atomic E-state index is 0.0862. The molecule has 7 heteroatoms. The number of carboxylic acid groups (broad SMARTS) is 2. The SMILES string of the molecule is CC1(CNC(=O)N[C@@H](CC(=O)O)C(=O)O)CCC1. The van der Waals surface area contributed by atoms with E-state index < -0.39 is 30.4 Å². The smallest absolute Gasteiger partial charge is 0.326 e. The second kappa shape index (κ2) is 5.70. The van der Waals surface area contributed by atoms with Gasteiger partial charge in [0.05, 0.1) is 6.42 Å². The molecular formula is C11H18N2O5. The molecule has 4 N–H and O–H groups in total. The lowest BCUT2D eigenvalue weighted by atomic mass is 9.70. The van der Waals surface area contributed by atoms with Gasteiger partial charge in [-0.25, -0.2) is 9.59 Å². The van der Waals surface area contributed by atoms with Crippen molar-refractivity contribution in [2.45, 2.75) is 38.6 Å². The first-order valence-corrected chi connectivity index (χ1v) is 5.81. The molecule has 0 aliphatic heterocycles. The van der Waals surface area contributed by atoms with Crippen molar-refractivity contribution < 1.29 is 24.6 Å². The van der Waals surface area contributed by atoms with Crippen LogP contribution in [0.3, 0.4) is 0 Å². The number of amides is 2. The number of aliphatic carboxylic acids is 2. The molecule has 0 heterocycles. The third-order valence-electron chi connectivity index (χ3n) is 3.22. The van der Waals surface area contributed by atoms with Gasteiger partial charge in [0, 0.05) is 6.54 Å². The minimum Gasteiger partial charge on any atom is -0.481 e. The average Bonchev–Trinajstić information content (AvgIpc) is 2.22. The van der Waals surface area contributed by atoms with Crippen LogP contribution in [0.4, 0.5) is 4.79 Å². The van der Waals surface area contributed by atoms with Gasteiger partial charge >= 0.3 is 18.0 Å². The highest BCUT2D eigenvalue weighted by Gasteiger charge is 2.32. The molecule has 102 valence electrons. The molecule has 2 amide bonds. The Kier molecular flexibility index (Phi) is 4.52. The highest BCUT2D eigenvalue weighted by atomic mass is 16.4. The molecule has 0 aromatic heterocycles. The quantitative estimate of drug-likeness (QED) is 0.550. The Hall–Kier alpha value is -1.79. The van der Waals surface area contributed by atoms with Crippen LogP contribution in [0.5, 0.6) is 0 Å². The maximum atomic E-state index is 11.4.